The summed E-state index contributed by atoms with van der Waals surface area (Å²) in [5.41, 5.74) is -0.943. The fourth-order valence-electron chi connectivity index (χ4n) is 3.78. The number of rotatable bonds is 4. The first kappa shape index (κ1) is 29.7. The highest BCUT2D eigenvalue weighted by Gasteiger charge is 2.38. The lowest BCUT2D eigenvalue weighted by Crippen LogP contribution is -2.44. The van der Waals surface area contributed by atoms with E-state index >= 15 is 0 Å². The Bertz CT molecular complexity index is 1710. The van der Waals surface area contributed by atoms with E-state index in [2.05, 4.69) is 15.0 Å². The molecule has 212 valence electrons. The van der Waals surface area contributed by atoms with Crippen LogP contribution in [0.5, 0.6) is 0 Å². The van der Waals surface area contributed by atoms with E-state index in [0.29, 0.717) is 10.4 Å². The minimum Gasteiger partial charge on any atom is -0.443 e. The molecule has 2 radical (unpaired) electrons. The molecule has 0 spiro atoms. The number of nitrogens with zero attached hydrogens (tertiary/aromatic N) is 5. The lowest BCUT2D eigenvalue weighted by Gasteiger charge is -2.28. The van der Waals surface area contributed by atoms with Gasteiger partial charge in [-0.2, -0.15) is 4.90 Å². The number of amides is 2. The summed E-state index contributed by atoms with van der Waals surface area (Å²) in [6.45, 7) is 11.6. The van der Waals surface area contributed by atoms with Gasteiger partial charge in [0, 0.05) is 11.8 Å². The Kier molecular flexibility index (Phi) is 7.70. The standard InChI is InChI=1S/C28H30BN5O6S/c1-17-12-14-18(15-13-17)41(37,38)34-20-11-9-8-10-19(20)31-24(34)22-23(30-16-21(29)32-22)33(25(35)39-27(2,3)4)26(36)40-28(5,6)7/h8-16H,1-7H3. The van der Waals surface area contributed by atoms with Crippen molar-refractivity contribution in [3.63, 3.8) is 0 Å². The summed E-state index contributed by atoms with van der Waals surface area (Å²) in [6, 6.07) is 12.9. The number of imidazole rings is 1. The molecule has 0 fully saturated rings. The Balaban J connectivity index is 2.03. The van der Waals surface area contributed by atoms with Gasteiger partial charge in [0.25, 0.3) is 10.0 Å². The number of carbonyl (C=O) groups excluding carboxylic acids is 2. The predicted molar refractivity (Wildman–Crippen MR) is 155 cm³/mol. The highest BCUT2D eigenvalue weighted by molar-refractivity contribution is 7.90. The molecule has 11 nitrogen and oxygen atoms in total. The van der Waals surface area contributed by atoms with Crippen LogP contribution in [0.3, 0.4) is 0 Å². The van der Waals surface area contributed by atoms with Gasteiger partial charge < -0.3 is 9.47 Å². The molecule has 0 atom stereocenters. The van der Waals surface area contributed by atoms with Crippen molar-refractivity contribution in [1.29, 1.82) is 0 Å². The highest BCUT2D eigenvalue weighted by atomic mass is 32.2. The minimum absolute atomic E-state index is 0.0120. The van der Waals surface area contributed by atoms with E-state index in [4.69, 9.17) is 17.3 Å². The second kappa shape index (κ2) is 10.6. The molecule has 41 heavy (non-hydrogen) atoms. The van der Waals surface area contributed by atoms with Crippen LogP contribution < -0.4 is 10.5 Å². The van der Waals surface area contributed by atoms with Crippen LogP contribution in [0.1, 0.15) is 47.1 Å². The molecule has 0 aliphatic rings. The van der Waals surface area contributed by atoms with Crippen molar-refractivity contribution in [2.75, 3.05) is 4.90 Å². The summed E-state index contributed by atoms with van der Waals surface area (Å²) in [7, 11) is 1.71. The largest absolute Gasteiger partial charge is 0.443 e. The van der Waals surface area contributed by atoms with Crippen molar-refractivity contribution < 1.29 is 27.5 Å². The van der Waals surface area contributed by atoms with Crippen LogP contribution in [0.2, 0.25) is 0 Å². The Morgan fingerprint density at radius 1 is 0.878 bits per heavy atom. The second-order valence-electron chi connectivity index (χ2n) is 11.3. The van der Waals surface area contributed by atoms with Gasteiger partial charge in [-0.05, 0) is 72.7 Å². The molecule has 4 aromatic rings. The van der Waals surface area contributed by atoms with Crippen LogP contribution >= 0.6 is 0 Å². The van der Waals surface area contributed by atoms with Crippen LogP contribution in [0, 0.1) is 6.92 Å². The van der Waals surface area contributed by atoms with E-state index in [-0.39, 0.29) is 33.3 Å². The Labute approximate surface area is 240 Å². The van der Waals surface area contributed by atoms with Crippen molar-refractivity contribution in [1.82, 2.24) is 18.9 Å². The number of ether oxygens (including phenoxy) is 2. The summed E-state index contributed by atoms with van der Waals surface area (Å²) in [6.07, 6.45) is -1.10. The van der Waals surface area contributed by atoms with Crippen LogP contribution in [-0.4, -0.2) is 58.6 Å². The third kappa shape index (κ3) is 6.40. The second-order valence-corrected chi connectivity index (χ2v) is 13.1. The number of para-hydroxylation sites is 2. The molecule has 0 aliphatic carbocycles. The third-order valence-corrected chi connectivity index (χ3v) is 7.14. The number of imide groups is 1. The zero-order chi connectivity index (χ0) is 30.3. The van der Waals surface area contributed by atoms with Crippen LogP contribution in [0.4, 0.5) is 15.4 Å². The van der Waals surface area contributed by atoms with E-state index < -0.39 is 33.4 Å². The van der Waals surface area contributed by atoms with Crippen molar-refractivity contribution in [3.05, 3.63) is 60.3 Å². The van der Waals surface area contributed by atoms with E-state index in [0.717, 1.165) is 15.7 Å². The Morgan fingerprint density at radius 2 is 1.44 bits per heavy atom. The quantitative estimate of drug-likeness (QED) is 0.322. The molecule has 0 saturated carbocycles. The zero-order valence-electron chi connectivity index (χ0n) is 23.9. The van der Waals surface area contributed by atoms with E-state index in [9.17, 15) is 18.0 Å². The summed E-state index contributed by atoms with van der Waals surface area (Å²) in [5, 5.41) is 0. The molecule has 2 aromatic heterocycles. The number of carbonyl (C=O) groups is 2. The van der Waals surface area contributed by atoms with Crippen molar-refractivity contribution >= 4 is 52.5 Å². The summed E-state index contributed by atoms with van der Waals surface area (Å²) in [4.78, 5) is 40.5. The van der Waals surface area contributed by atoms with Gasteiger partial charge in [0.1, 0.15) is 24.7 Å². The monoisotopic (exact) mass is 575 g/mol. The van der Waals surface area contributed by atoms with E-state index in [1.54, 1.807) is 77.9 Å². The number of fused-ring (bicyclic) bond motifs is 1. The number of aryl methyl sites for hydroxylation is 1. The van der Waals surface area contributed by atoms with Gasteiger partial charge in [-0.15, -0.1) is 0 Å². The van der Waals surface area contributed by atoms with Gasteiger partial charge in [-0.3, -0.25) is 4.98 Å². The molecule has 0 aliphatic heterocycles. The maximum Gasteiger partial charge on any atom is 0.425 e. The number of benzene rings is 2. The van der Waals surface area contributed by atoms with Crippen molar-refractivity contribution in [2.45, 2.75) is 64.6 Å². The fourth-order valence-corrected chi connectivity index (χ4v) is 5.24. The van der Waals surface area contributed by atoms with Crippen LogP contribution in [0.25, 0.3) is 22.6 Å². The van der Waals surface area contributed by atoms with Crippen molar-refractivity contribution in [2.24, 2.45) is 0 Å². The Hall–Kier alpha value is -4.26. The Morgan fingerprint density at radius 3 is 2.00 bits per heavy atom. The van der Waals surface area contributed by atoms with Crippen LogP contribution in [-0.2, 0) is 19.5 Å². The smallest absolute Gasteiger partial charge is 0.425 e. The fraction of sp³-hybridized carbons (Fsp3) is 0.321. The number of aromatic nitrogens is 4. The van der Waals surface area contributed by atoms with Gasteiger partial charge >= 0.3 is 12.2 Å². The van der Waals surface area contributed by atoms with Gasteiger partial charge in [-0.1, -0.05) is 29.8 Å². The first-order valence-corrected chi connectivity index (χ1v) is 14.1. The average Bonchev–Trinajstić information content (AvgIpc) is 3.23. The number of hydrogen-bond donors (Lipinski definition) is 0. The van der Waals surface area contributed by atoms with Gasteiger partial charge in [0.2, 0.25) is 0 Å². The van der Waals surface area contributed by atoms with Gasteiger partial charge in [-0.25, -0.2) is 31.9 Å². The van der Waals surface area contributed by atoms with Crippen LogP contribution in [0.15, 0.2) is 59.6 Å². The zero-order valence-corrected chi connectivity index (χ0v) is 24.7. The summed E-state index contributed by atoms with van der Waals surface area (Å²) >= 11 is 0. The average molecular weight is 575 g/mol. The predicted octanol–water partition coefficient (Wildman–Crippen LogP) is 4.51. The number of anilines is 1. The van der Waals surface area contributed by atoms with E-state index in [1.165, 1.54) is 12.1 Å². The SMILES string of the molecule is [B]c1cnc(N(C(=O)OC(C)(C)C)C(=O)OC(C)(C)C)c(-c2nc3ccccc3n2S(=O)(=O)c2ccc(C)cc2)n1. The molecule has 4 rings (SSSR count). The van der Waals surface area contributed by atoms with E-state index in [1.807, 2.05) is 6.92 Å². The lowest BCUT2D eigenvalue weighted by molar-refractivity contribution is 0.0429. The first-order valence-electron chi connectivity index (χ1n) is 12.7. The summed E-state index contributed by atoms with van der Waals surface area (Å²) < 4.78 is 40.1. The normalized spacial score (nSPS) is 12.3. The molecule has 2 heterocycles. The minimum atomic E-state index is -4.28. The maximum atomic E-state index is 14.1. The molecular formula is C28H30BN5O6S. The lowest BCUT2D eigenvalue weighted by atomic mass is 10.1. The molecule has 0 unspecified atom stereocenters. The summed E-state index contributed by atoms with van der Waals surface area (Å²) in [5.74, 6) is -0.600. The molecule has 0 saturated heterocycles. The molecule has 2 amide bonds. The molecule has 0 N–H and O–H groups in total. The molecule has 13 heteroatoms. The molecular weight excluding hydrogens is 545 g/mol. The topological polar surface area (TPSA) is 134 Å². The van der Waals surface area contributed by atoms with Gasteiger partial charge in [0.05, 0.1) is 15.9 Å². The molecule has 2 aromatic carbocycles. The highest BCUT2D eigenvalue weighted by Crippen LogP contribution is 2.33. The molecule has 0 bridgehead atoms. The number of hydrogen-bond acceptors (Lipinski definition) is 9. The third-order valence-electron chi connectivity index (χ3n) is 5.43. The van der Waals surface area contributed by atoms with Crippen molar-refractivity contribution in [3.8, 4) is 11.5 Å². The maximum absolute atomic E-state index is 14.1. The first-order chi connectivity index (χ1) is 19.0. The van der Waals surface area contributed by atoms with Gasteiger partial charge in [0.15, 0.2) is 11.6 Å².